The van der Waals surface area contributed by atoms with E-state index >= 15 is 0 Å². The summed E-state index contributed by atoms with van der Waals surface area (Å²) in [6.07, 6.45) is 1.32. The van der Waals surface area contributed by atoms with Crippen molar-refractivity contribution in [3.05, 3.63) is 69.5 Å². The number of likely N-dealkylation sites (N-methyl/N-ethyl adjacent to an activating group) is 1. The summed E-state index contributed by atoms with van der Waals surface area (Å²) in [6, 6.07) is 12.4. The highest BCUT2D eigenvalue weighted by Crippen LogP contribution is 2.23. The Morgan fingerprint density at radius 2 is 1.76 bits per heavy atom. The Hall–Kier alpha value is -1.09. The molecule has 1 unspecified atom stereocenters. The van der Waals surface area contributed by atoms with Crippen LogP contribution in [-0.2, 0) is 12.8 Å². The zero-order valence-electron chi connectivity index (χ0n) is 11.9. The highest BCUT2D eigenvalue weighted by atomic mass is 35.5. The minimum absolute atomic E-state index is 0.114. The molecule has 21 heavy (non-hydrogen) atoms. The fourth-order valence-electron chi connectivity index (χ4n) is 2.40. The molecular weight excluding hydrogens is 308 g/mol. The predicted octanol–water partition coefficient (Wildman–Crippen LogP) is 4.90. The first-order valence-electron chi connectivity index (χ1n) is 7.01. The van der Waals surface area contributed by atoms with Gasteiger partial charge in [-0.25, -0.2) is 4.39 Å². The quantitative estimate of drug-likeness (QED) is 0.796. The van der Waals surface area contributed by atoms with Crippen LogP contribution in [0.15, 0.2) is 42.5 Å². The summed E-state index contributed by atoms with van der Waals surface area (Å²) in [5, 5.41) is 4.74. The molecule has 112 valence electrons. The summed E-state index contributed by atoms with van der Waals surface area (Å²) in [5.74, 6) is -0.169. The van der Waals surface area contributed by atoms with E-state index < -0.39 is 0 Å². The lowest BCUT2D eigenvalue weighted by atomic mass is 9.98. The average molecular weight is 326 g/mol. The standard InChI is InChI=1S/C17H18Cl2FN/c1-2-21-15(10-12-5-3-4-6-17(12)20)11-13-9-14(18)7-8-16(13)19/h3-9,15,21H,2,10-11H2,1H3. The SMILES string of the molecule is CCNC(Cc1ccccc1F)Cc1cc(Cl)ccc1Cl. The number of halogens is 3. The summed E-state index contributed by atoms with van der Waals surface area (Å²) < 4.78 is 13.8. The third kappa shape index (κ3) is 4.70. The van der Waals surface area contributed by atoms with Crippen LogP contribution in [0.1, 0.15) is 18.1 Å². The Kier molecular flexibility index (Phi) is 6.04. The molecule has 2 aromatic rings. The fraction of sp³-hybridized carbons (Fsp3) is 0.294. The lowest BCUT2D eigenvalue weighted by molar-refractivity contribution is 0.506. The van der Waals surface area contributed by atoms with Crippen molar-refractivity contribution in [3.63, 3.8) is 0 Å². The van der Waals surface area contributed by atoms with Crippen LogP contribution in [0, 0.1) is 5.82 Å². The molecule has 1 N–H and O–H groups in total. The zero-order valence-corrected chi connectivity index (χ0v) is 13.4. The van der Waals surface area contributed by atoms with E-state index in [4.69, 9.17) is 23.2 Å². The van der Waals surface area contributed by atoms with E-state index in [1.165, 1.54) is 6.07 Å². The van der Waals surface area contributed by atoms with Crippen LogP contribution < -0.4 is 5.32 Å². The van der Waals surface area contributed by atoms with Crippen LogP contribution in [0.2, 0.25) is 10.0 Å². The third-order valence-corrected chi connectivity index (χ3v) is 3.99. The average Bonchev–Trinajstić information content (AvgIpc) is 2.45. The Bertz CT molecular complexity index is 601. The Balaban J connectivity index is 2.16. The third-order valence-electron chi connectivity index (χ3n) is 3.39. The molecule has 0 aliphatic carbocycles. The van der Waals surface area contributed by atoms with Crippen LogP contribution in [-0.4, -0.2) is 12.6 Å². The highest BCUT2D eigenvalue weighted by Gasteiger charge is 2.14. The van der Waals surface area contributed by atoms with Gasteiger partial charge in [-0.3, -0.25) is 0 Å². The fourth-order valence-corrected chi connectivity index (χ4v) is 2.79. The zero-order chi connectivity index (χ0) is 15.2. The van der Waals surface area contributed by atoms with Gasteiger partial charge < -0.3 is 5.32 Å². The molecule has 1 nitrogen and oxygen atoms in total. The molecule has 1 atom stereocenters. The van der Waals surface area contributed by atoms with Gasteiger partial charge >= 0.3 is 0 Å². The second kappa shape index (κ2) is 7.79. The van der Waals surface area contributed by atoms with E-state index in [-0.39, 0.29) is 11.9 Å². The summed E-state index contributed by atoms with van der Waals surface area (Å²) >= 11 is 12.2. The van der Waals surface area contributed by atoms with Crippen molar-refractivity contribution in [2.45, 2.75) is 25.8 Å². The molecule has 0 fully saturated rings. The summed E-state index contributed by atoms with van der Waals surface area (Å²) in [7, 11) is 0. The number of benzene rings is 2. The van der Waals surface area contributed by atoms with Gasteiger partial charge in [-0.2, -0.15) is 0 Å². The molecule has 0 aromatic heterocycles. The maximum absolute atomic E-state index is 13.8. The number of rotatable bonds is 6. The van der Waals surface area contributed by atoms with Crippen molar-refractivity contribution in [2.24, 2.45) is 0 Å². The minimum atomic E-state index is -0.169. The molecule has 0 aliphatic rings. The van der Waals surface area contributed by atoms with Crippen molar-refractivity contribution in [2.75, 3.05) is 6.54 Å². The maximum atomic E-state index is 13.8. The van der Waals surface area contributed by atoms with Crippen molar-refractivity contribution < 1.29 is 4.39 Å². The van der Waals surface area contributed by atoms with Crippen LogP contribution in [0.3, 0.4) is 0 Å². The minimum Gasteiger partial charge on any atom is -0.314 e. The van der Waals surface area contributed by atoms with Crippen LogP contribution in [0.4, 0.5) is 4.39 Å². The largest absolute Gasteiger partial charge is 0.314 e. The van der Waals surface area contributed by atoms with Gasteiger partial charge in [0.15, 0.2) is 0 Å². The van der Waals surface area contributed by atoms with Gasteiger partial charge in [0, 0.05) is 16.1 Å². The van der Waals surface area contributed by atoms with Gasteiger partial charge in [-0.1, -0.05) is 48.3 Å². The van der Waals surface area contributed by atoms with Crippen LogP contribution >= 0.6 is 23.2 Å². The van der Waals surface area contributed by atoms with Gasteiger partial charge in [0.2, 0.25) is 0 Å². The lowest BCUT2D eigenvalue weighted by Gasteiger charge is -2.19. The number of nitrogens with one attached hydrogen (secondary N) is 1. The molecule has 0 heterocycles. The van der Waals surface area contributed by atoms with E-state index in [0.29, 0.717) is 28.5 Å². The summed E-state index contributed by atoms with van der Waals surface area (Å²) in [6.45, 7) is 2.85. The highest BCUT2D eigenvalue weighted by molar-refractivity contribution is 6.33. The first-order valence-corrected chi connectivity index (χ1v) is 7.76. The molecule has 2 aromatic carbocycles. The normalized spacial score (nSPS) is 12.4. The number of hydrogen-bond donors (Lipinski definition) is 1. The lowest BCUT2D eigenvalue weighted by Crippen LogP contribution is -2.33. The molecule has 0 spiro atoms. The van der Waals surface area contributed by atoms with E-state index in [0.717, 1.165) is 12.1 Å². The monoisotopic (exact) mass is 325 g/mol. The van der Waals surface area contributed by atoms with E-state index in [9.17, 15) is 4.39 Å². The first-order chi connectivity index (χ1) is 10.1. The summed E-state index contributed by atoms with van der Waals surface area (Å²) in [5.41, 5.74) is 1.69. The van der Waals surface area contributed by atoms with E-state index in [2.05, 4.69) is 5.32 Å². The van der Waals surface area contributed by atoms with Crippen molar-refractivity contribution in [1.82, 2.24) is 5.32 Å². The van der Waals surface area contributed by atoms with Crippen molar-refractivity contribution in [1.29, 1.82) is 0 Å². The topological polar surface area (TPSA) is 12.0 Å². The molecule has 2 rings (SSSR count). The smallest absolute Gasteiger partial charge is 0.126 e. The van der Waals surface area contributed by atoms with E-state index in [1.54, 1.807) is 18.2 Å². The van der Waals surface area contributed by atoms with Crippen molar-refractivity contribution >= 4 is 23.2 Å². The van der Waals surface area contributed by atoms with Gasteiger partial charge in [0.25, 0.3) is 0 Å². The Morgan fingerprint density at radius 1 is 1.05 bits per heavy atom. The molecule has 4 heteroatoms. The Labute approximate surface area is 135 Å². The molecule has 0 radical (unpaired) electrons. The number of hydrogen-bond acceptors (Lipinski definition) is 1. The van der Waals surface area contributed by atoms with Gasteiger partial charge in [0.1, 0.15) is 5.82 Å². The molecule has 0 amide bonds. The summed E-state index contributed by atoms with van der Waals surface area (Å²) in [4.78, 5) is 0. The second-order valence-electron chi connectivity index (χ2n) is 4.99. The molecule has 0 saturated heterocycles. The van der Waals surface area contributed by atoms with Gasteiger partial charge in [0.05, 0.1) is 0 Å². The Morgan fingerprint density at radius 3 is 2.48 bits per heavy atom. The van der Waals surface area contributed by atoms with Crippen LogP contribution in [0.25, 0.3) is 0 Å². The van der Waals surface area contributed by atoms with Crippen LogP contribution in [0.5, 0.6) is 0 Å². The second-order valence-corrected chi connectivity index (χ2v) is 5.83. The van der Waals surface area contributed by atoms with Crippen molar-refractivity contribution in [3.8, 4) is 0 Å². The van der Waals surface area contributed by atoms with Gasteiger partial charge in [-0.15, -0.1) is 0 Å². The van der Waals surface area contributed by atoms with Gasteiger partial charge in [-0.05, 0) is 54.8 Å². The molecule has 0 aliphatic heterocycles. The molecule has 0 saturated carbocycles. The molecular formula is C17H18Cl2FN. The predicted molar refractivity (Wildman–Crippen MR) is 87.7 cm³/mol. The first kappa shape index (κ1) is 16.3. The maximum Gasteiger partial charge on any atom is 0.126 e. The molecule has 0 bridgehead atoms. The van der Waals surface area contributed by atoms with E-state index in [1.807, 2.05) is 25.1 Å².